The number of aromatic nitrogens is 4. The highest BCUT2D eigenvalue weighted by atomic mass is 79.9. The largest absolute Gasteiger partial charge is 0.253 e. The lowest BCUT2D eigenvalue weighted by molar-refractivity contribution is 0.724. The molecule has 0 fully saturated rings. The molecule has 0 aromatic carbocycles. The fourth-order valence-electron chi connectivity index (χ4n) is 1.30. The van der Waals surface area contributed by atoms with Crippen molar-refractivity contribution < 1.29 is 0 Å². The molecule has 0 N–H and O–H groups in total. The van der Waals surface area contributed by atoms with Crippen molar-refractivity contribution in [1.82, 2.24) is 19.7 Å². The van der Waals surface area contributed by atoms with Gasteiger partial charge >= 0.3 is 0 Å². The van der Waals surface area contributed by atoms with E-state index in [9.17, 15) is 0 Å². The van der Waals surface area contributed by atoms with Crippen LogP contribution in [-0.4, -0.2) is 19.7 Å². The van der Waals surface area contributed by atoms with Gasteiger partial charge in [0.2, 0.25) is 0 Å². The zero-order chi connectivity index (χ0) is 10.8. The number of nitrogens with zero attached hydrogens (tertiary/aromatic N) is 4. The zero-order valence-corrected chi connectivity index (χ0v) is 10.2. The van der Waals surface area contributed by atoms with Crippen molar-refractivity contribution in [3.05, 3.63) is 40.1 Å². The van der Waals surface area contributed by atoms with Crippen LogP contribution in [0.1, 0.15) is 17.2 Å². The molecule has 0 aliphatic heterocycles. The van der Waals surface area contributed by atoms with Gasteiger partial charge in [-0.2, -0.15) is 5.10 Å². The quantitative estimate of drug-likeness (QED) is 0.780. The smallest absolute Gasteiger partial charge is 0.155 e. The van der Waals surface area contributed by atoms with E-state index in [2.05, 4.69) is 31.0 Å². The monoisotopic (exact) mass is 266 g/mol. The van der Waals surface area contributed by atoms with E-state index in [1.54, 1.807) is 4.68 Å². The van der Waals surface area contributed by atoms with Crippen LogP contribution in [0.5, 0.6) is 0 Å². The maximum Gasteiger partial charge on any atom is 0.155 e. The molecule has 0 saturated heterocycles. The van der Waals surface area contributed by atoms with Crippen molar-refractivity contribution in [2.75, 3.05) is 0 Å². The Labute approximate surface area is 96.5 Å². The number of hydrogen-bond acceptors (Lipinski definition) is 3. The first kappa shape index (κ1) is 10.3. The number of halogens is 1. The molecule has 0 aliphatic rings. The summed E-state index contributed by atoms with van der Waals surface area (Å²) in [5.74, 6) is 1.76. The molecule has 0 amide bonds. The molecule has 0 saturated carbocycles. The summed E-state index contributed by atoms with van der Waals surface area (Å²) in [7, 11) is 1.89. The average Bonchev–Trinajstić information content (AvgIpc) is 2.50. The van der Waals surface area contributed by atoms with Gasteiger partial charge in [-0.25, -0.2) is 9.97 Å². The molecule has 0 spiro atoms. The van der Waals surface area contributed by atoms with Crippen LogP contribution in [-0.2, 0) is 13.5 Å². The standard InChI is InChI=1S/C10H11BrN4/c1-7-13-10(14-15(7)2)5-8-3-4-9(11)12-6-8/h3-4,6H,5H2,1-2H3. The van der Waals surface area contributed by atoms with Crippen molar-refractivity contribution in [3.8, 4) is 0 Å². The first-order chi connectivity index (χ1) is 7.15. The van der Waals surface area contributed by atoms with Crippen LogP contribution >= 0.6 is 15.9 Å². The van der Waals surface area contributed by atoms with Gasteiger partial charge in [0.25, 0.3) is 0 Å². The maximum absolute atomic E-state index is 4.34. The van der Waals surface area contributed by atoms with Gasteiger partial charge in [-0.3, -0.25) is 4.68 Å². The number of hydrogen-bond donors (Lipinski definition) is 0. The minimum atomic E-state index is 0.724. The molecular weight excluding hydrogens is 256 g/mol. The molecule has 0 aliphatic carbocycles. The molecule has 0 bridgehead atoms. The molecule has 5 heteroatoms. The highest BCUT2D eigenvalue weighted by Crippen LogP contribution is 2.09. The third-order valence-electron chi connectivity index (χ3n) is 2.18. The normalized spacial score (nSPS) is 10.6. The highest BCUT2D eigenvalue weighted by molar-refractivity contribution is 9.10. The van der Waals surface area contributed by atoms with Gasteiger partial charge in [-0.1, -0.05) is 6.07 Å². The van der Waals surface area contributed by atoms with E-state index in [1.807, 2.05) is 32.3 Å². The Kier molecular flexibility index (Phi) is 2.81. The van der Waals surface area contributed by atoms with Gasteiger partial charge < -0.3 is 0 Å². The summed E-state index contributed by atoms with van der Waals surface area (Å²) in [4.78, 5) is 8.50. The Morgan fingerprint density at radius 3 is 2.73 bits per heavy atom. The fourth-order valence-corrected chi connectivity index (χ4v) is 1.53. The van der Waals surface area contributed by atoms with Crippen molar-refractivity contribution in [2.45, 2.75) is 13.3 Å². The summed E-state index contributed by atoms with van der Waals surface area (Å²) in [5, 5.41) is 4.29. The van der Waals surface area contributed by atoms with Crippen LogP contribution in [0.15, 0.2) is 22.9 Å². The van der Waals surface area contributed by atoms with Gasteiger partial charge in [-0.15, -0.1) is 0 Å². The molecule has 0 radical (unpaired) electrons. The Morgan fingerprint density at radius 2 is 2.20 bits per heavy atom. The summed E-state index contributed by atoms with van der Waals surface area (Å²) in [6.45, 7) is 1.94. The SMILES string of the molecule is Cc1nc(Cc2ccc(Br)nc2)nn1C. The van der Waals surface area contributed by atoms with Crippen LogP contribution < -0.4 is 0 Å². The summed E-state index contributed by atoms with van der Waals surface area (Å²) in [6, 6.07) is 3.94. The Balaban J connectivity index is 2.18. The lowest BCUT2D eigenvalue weighted by Crippen LogP contribution is -1.95. The summed E-state index contributed by atoms with van der Waals surface area (Å²) < 4.78 is 2.62. The third kappa shape index (κ3) is 2.41. The minimum Gasteiger partial charge on any atom is -0.253 e. The number of pyridine rings is 1. The van der Waals surface area contributed by atoms with E-state index in [1.165, 1.54) is 0 Å². The maximum atomic E-state index is 4.34. The first-order valence-corrected chi connectivity index (χ1v) is 5.41. The highest BCUT2D eigenvalue weighted by Gasteiger charge is 2.04. The van der Waals surface area contributed by atoms with Crippen molar-refractivity contribution in [2.24, 2.45) is 7.05 Å². The molecule has 2 heterocycles. The van der Waals surface area contributed by atoms with Crippen LogP contribution in [0.4, 0.5) is 0 Å². The lowest BCUT2D eigenvalue weighted by Gasteiger charge is -1.96. The van der Waals surface area contributed by atoms with E-state index in [0.29, 0.717) is 0 Å². The lowest BCUT2D eigenvalue weighted by atomic mass is 10.2. The van der Waals surface area contributed by atoms with E-state index >= 15 is 0 Å². The van der Waals surface area contributed by atoms with Crippen LogP contribution in [0.25, 0.3) is 0 Å². The van der Waals surface area contributed by atoms with Crippen LogP contribution in [0.3, 0.4) is 0 Å². The average molecular weight is 267 g/mol. The zero-order valence-electron chi connectivity index (χ0n) is 8.61. The fraction of sp³-hybridized carbons (Fsp3) is 0.300. The topological polar surface area (TPSA) is 43.6 Å². The second-order valence-corrected chi connectivity index (χ2v) is 4.18. The molecular formula is C10H11BrN4. The Morgan fingerprint density at radius 1 is 1.40 bits per heavy atom. The van der Waals surface area contributed by atoms with Crippen molar-refractivity contribution >= 4 is 15.9 Å². The molecule has 2 rings (SSSR count). The molecule has 0 unspecified atom stereocenters. The minimum absolute atomic E-state index is 0.724. The van der Waals surface area contributed by atoms with Gasteiger partial charge in [0.05, 0.1) is 0 Å². The predicted molar refractivity (Wildman–Crippen MR) is 60.5 cm³/mol. The molecule has 2 aromatic heterocycles. The second kappa shape index (κ2) is 4.10. The molecule has 0 atom stereocenters. The first-order valence-electron chi connectivity index (χ1n) is 4.62. The van der Waals surface area contributed by atoms with Crippen molar-refractivity contribution in [1.29, 1.82) is 0 Å². The molecule has 78 valence electrons. The molecule has 4 nitrogen and oxygen atoms in total. The Bertz CT molecular complexity index is 441. The molecule has 15 heavy (non-hydrogen) atoms. The van der Waals surface area contributed by atoms with Crippen molar-refractivity contribution in [3.63, 3.8) is 0 Å². The van der Waals surface area contributed by atoms with Crippen LogP contribution in [0.2, 0.25) is 0 Å². The third-order valence-corrected chi connectivity index (χ3v) is 2.64. The summed E-state index contributed by atoms with van der Waals surface area (Å²) in [6.07, 6.45) is 2.55. The second-order valence-electron chi connectivity index (χ2n) is 3.36. The van der Waals surface area contributed by atoms with E-state index < -0.39 is 0 Å². The van der Waals surface area contributed by atoms with E-state index in [-0.39, 0.29) is 0 Å². The Hall–Kier alpha value is -1.23. The van der Waals surface area contributed by atoms with E-state index in [4.69, 9.17) is 0 Å². The van der Waals surface area contributed by atoms with Gasteiger partial charge in [0.15, 0.2) is 5.82 Å². The van der Waals surface area contributed by atoms with Gasteiger partial charge in [0, 0.05) is 19.7 Å². The number of aryl methyl sites for hydroxylation is 2. The van der Waals surface area contributed by atoms with Crippen LogP contribution in [0, 0.1) is 6.92 Å². The summed E-state index contributed by atoms with van der Waals surface area (Å²) >= 11 is 3.30. The molecule has 2 aromatic rings. The van der Waals surface area contributed by atoms with E-state index in [0.717, 1.165) is 28.2 Å². The van der Waals surface area contributed by atoms with Gasteiger partial charge in [0.1, 0.15) is 10.4 Å². The summed E-state index contributed by atoms with van der Waals surface area (Å²) in [5.41, 5.74) is 1.11. The predicted octanol–water partition coefficient (Wildman–Crippen LogP) is 1.87. The number of rotatable bonds is 2. The van der Waals surface area contributed by atoms with Gasteiger partial charge in [-0.05, 0) is 34.5 Å².